The highest BCUT2D eigenvalue weighted by atomic mass is 19.1. The van der Waals surface area contributed by atoms with Crippen LogP contribution in [0.1, 0.15) is 43.9 Å². The number of fused-ring (bicyclic) bond motifs is 1. The van der Waals surface area contributed by atoms with E-state index in [0.29, 0.717) is 5.92 Å². The fourth-order valence-corrected chi connectivity index (χ4v) is 4.23. The van der Waals surface area contributed by atoms with E-state index in [1.807, 2.05) is 6.07 Å². The fourth-order valence-electron chi connectivity index (χ4n) is 4.23. The normalized spacial score (nSPS) is 17.5. The van der Waals surface area contributed by atoms with E-state index in [2.05, 4.69) is 62.1 Å². The Morgan fingerprint density at radius 3 is 2.54 bits per heavy atom. The minimum Gasteiger partial charge on any atom is -0.293 e. The molecule has 2 heteroatoms. The van der Waals surface area contributed by atoms with Crippen LogP contribution in [-0.4, -0.2) is 17.0 Å². The molecule has 1 nitrogen and oxygen atoms in total. The predicted octanol–water partition coefficient (Wildman–Crippen LogP) is 5.23. The number of nitrogens with zero attached hydrogens (tertiary/aromatic N) is 1. The maximum Gasteiger partial charge on any atom is 0.127 e. The average Bonchev–Trinajstić information content (AvgIpc) is 2.55. The lowest BCUT2D eigenvalue weighted by Crippen LogP contribution is -2.51. The summed E-state index contributed by atoms with van der Waals surface area (Å²) >= 11 is 0. The third-order valence-corrected chi connectivity index (χ3v) is 5.26. The lowest BCUT2D eigenvalue weighted by Gasteiger charge is -2.45. The van der Waals surface area contributed by atoms with Crippen molar-refractivity contribution in [1.82, 2.24) is 4.90 Å². The second-order valence-corrected chi connectivity index (χ2v) is 7.81. The van der Waals surface area contributed by atoms with Crippen molar-refractivity contribution in [2.24, 2.45) is 5.92 Å². The summed E-state index contributed by atoms with van der Waals surface area (Å²) in [6.45, 7) is 8.64. The molecule has 0 radical (unpaired) electrons. The van der Waals surface area contributed by atoms with Crippen molar-refractivity contribution in [3.8, 4) is 0 Å². The first-order valence-corrected chi connectivity index (χ1v) is 9.03. The molecule has 2 aromatic carbocycles. The Kier molecular flexibility index (Phi) is 5.05. The summed E-state index contributed by atoms with van der Waals surface area (Å²) in [4.78, 5) is 2.51. The molecule has 0 saturated carbocycles. The summed E-state index contributed by atoms with van der Waals surface area (Å²) in [6.07, 6.45) is 3.07. The SMILES string of the molecule is CC(C)CC(C)(Cc1ccccc1)N1CCc2cccc(F)c2C1. The Morgan fingerprint density at radius 1 is 1.08 bits per heavy atom. The van der Waals surface area contributed by atoms with Gasteiger partial charge in [-0.25, -0.2) is 4.39 Å². The van der Waals surface area contributed by atoms with E-state index in [4.69, 9.17) is 0 Å². The zero-order chi connectivity index (χ0) is 17.2. The van der Waals surface area contributed by atoms with Crippen LogP contribution in [-0.2, 0) is 19.4 Å². The molecular weight excluding hydrogens is 297 g/mol. The van der Waals surface area contributed by atoms with Crippen LogP contribution in [0.15, 0.2) is 48.5 Å². The van der Waals surface area contributed by atoms with E-state index in [-0.39, 0.29) is 11.4 Å². The summed E-state index contributed by atoms with van der Waals surface area (Å²) in [5.41, 5.74) is 3.49. The molecular formula is C22H28FN. The summed E-state index contributed by atoms with van der Waals surface area (Å²) < 4.78 is 14.3. The van der Waals surface area contributed by atoms with Gasteiger partial charge in [0, 0.05) is 24.2 Å². The van der Waals surface area contributed by atoms with Crippen molar-refractivity contribution in [2.75, 3.05) is 6.54 Å². The van der Waals surface area contributed by atoms with Gasteiger partial charge < -0.3 is 0 Å². The van der Waals surface area contributed by atoms with Crippen LogP contribution in [0.4, 0.5) is 4.39 Å². The van der Waals surface area contributed by atoms with Gasteiger partial charge in [0.1, 0.15) is 5.82 Å². The van der Waals surface area contributed by atoms with Gasteiger partial charge >= 0.3 is 0 Å². The number of hydrogen-bond donors (Lipinski definition) is 0. The first-order valence-electron chi connectivity index (χ1n) is 9.03. The van der Waals surface area contributed by atoms with Crippen LogP contribution in [0, 0.1) is 11.7 Å². The monoisotopic (exact) mass is 325 g/mol. The Morgan fingerprint density at radius 2 is 1.83 bits per heavy atom. The van der Waals surface area contributed by atoms with E-state index < -0.39 is 0 Å². The highest BCUT2D eigenvalue weighted by Gasteiger charge is 2.35. The van der Waals surface area contributed by atoms with E-state index >= 15 is 0 Å². The van der Waals surface area contributed by atoms with Crippen LogP contribution in [0.3, 0.4) is 0 Å². The highest BCUT2D eigenvalue weighted by Crippen LogP contribution is 2.33. The molecule has 1 heterocycles. The molecule has 128 valence electrons. The maximum atomic E-state index is 14.3. The summed E-state index contributed by atoms with van der Waals surface area (Å²) in [5.74, 6) is 0.560. The summed E-state index contributed by atoms with van der Waals surface area (Å²) in [6, 6.07) is 16.2. The second-order valence-electron chi connectivity index (χ2n) is 7.81. The second kappa shape index (κ2) is 7.06. The highest BCUT2D eigenvalue weighted by molar-refractivity contribution is 5.31. The summed E-state index contributed by atoms with van der Waals surface area (Å²) in [7, 11) is 0. The molecule has 0 fully saturated rings. The van der Waals surface area contributed by atoms with E-state index in [0.717, 1.165) is 37.9 Å². The Bertz CT molecular complexity index is 680. The standard InChI is InChI=1S/C22H28FN/c1-17(2)14-22(3,15-18-8-5-4-6-9-18)24-13-12-19-10-7-11-21(23)20(19)16-24/h4-11,17H,12-16H2,1-3H3. The summed E-state index contributed by atoms with van der Waals surface area (Å²) in [5, 5.41) is 0. The molecule has 0 saturated heterocycles. The molecule has 24 heavy (non-hydrogen) atoms. The van der Waals surface area contributed by atoms with Crippen molar-refractivity contribution in [2.45, 2.75) is 52.1 Å². The zero-order valence-electron chi connectivity index (χ0n) is 15.1. The van der Waals surface area contributed by atoms with Gasteiger partial charge in [-0.2, -0.15) is 0 Å². The van der Waals surface area contributed by atoms with Gasteiger partial charge in [0.25, 0.3) is 0 Å². The van der Waals surface area contributed by atoms with Crippen LogP contribution < -0.4 is 0 Å². The van der Waals surface area contributed by atoms with Crippen molar-refractivity contribution < 1.29 is 4.39 Å². The maximum absolute atomic E-state index is 14.3. The van der Waals surface area contributed by atoms with Gasteiger partial charge in [-0.1, -0.05) is 56.3 Å². The number of halogens is 1. The van der Waals surface area contributed by atoms with Gasteiger partial charge in [0.15, 0.2) is 0 Å². The van der Waals surface area contributed by atoms with Crippen molar-refractivity contribution in [3.63, 3.8) is 0 Å². The first kappa shape index (κ1) is 17.2. The smallest absolute Gasteiger partial charge is 0.127 e. The number of hydrogen-bond acceptors (Lipinski definition) is 1. The molecule has 0 amide bonds. The minimum atomic E-state index is -0.0520. The van der Waals surface area contributed by atoms with Crippen LogP contribution in [0.2, 0.25) is 0 Å². The Hall–Kier alpha value is -1.67. The van der Waals surface area contributed by atoms with E-state index in [1.165, 1.54) is 11.1 Å². The lowest BCUT2D eigenvalue weighted by molar-refractivity contribution is 0.0667. The molecule has 0 N–H and O–H groups in total. The molecule has 1 aliphatic rings. The molecule has 3 rings (SSSR count). The molecule has 2 aromatic rings. The van der Waals surface area contributed by atoms with Crippen LogP contribution >= 0.6 is 0 Å². The molecule has 0 aromatic heterocycles. The van der Waals surface area contributed by atoms with Crippen LogP contribution in [0.25, 0.3) is 0 Å². The Balaban J connectivity index is 1.88. The van der Waals surface area contributed by atoms with Crippen molar-refractivity contribution >= 4 is 0 Å². The zero-order valence-corrected chi connectivity index (χ0v) is 15.1. The van der Waals surface area contributed by atoms with Crippen molar-refractivity contribution in [3.05, 3.63) is 71.0 Å². The molecule has 1 unspecified atom stereocenters. The van der Waals surface area contributed by atoms with Gasteiger partial charge in [-0.05, 0) is 49.3 Å². The number of rotatable bonds is 5. The minimum absolute atomic E-state index is 0.0511. The van der Waals surface area contributed by atoms with Gasteiger partial charge in [0.05, 0.1) is 0 Å². The Labute approximate surface area is 145 Å². The van der Waals surface area contributed by atoms with Gasteiger partial charge in [0.2, 0.25) is 0 Å². The number of benzene rings is 2. The topological polar surface area (TPSA) is 3.24 Å². The fraction of sp³-hybridized carbons (Fsp3) is 0.455. The largest absolute Gasteiger partial charge is 0.293 e. The third kappa shape index (κ3) is 3.70. The molecule has 0 aliphatic carbocycles. The van der Waals surface area contributed by atoms with Crippen LogP contribution in [0.5, 0.6) is 0 Å². The lowest BCUT2D eigenvalue weighted by atomic mass is 9.81. The molecule has 1 atom stereocenters. The quantitative estimate of drug-likeness (QED) is 0.727. The molecule has 1 aliphatic heterocycles. The average molecular weight is 325 g/mol. The van der Waals surface area contributed by atoms with Gasteiger partial charge in [-0.15, -0.1) is 0 Å². The predicted molar refractivity (Wildman–Crippen MR) is 98.5 cm³/mol. The molecule has 0 bridgehead atoms. The van der Waals surface area contributed by atoms with Gasteiger partial charge in [-0.3, -0.25) is 4.90 Å². The molecule has 0 spiro atoms. The third-order valence-electron chi connectivity index (χ3n) is 5.26. The first-order chi connectivity index (χ1) is 11.5. The van der Waals surface area contributed by atoms with E-state index in [1.54, 1.807) is 6.07 Å². The van der Waals surface area contributed by atoms with E-state index in [9.17, 15) is 4.39 Å². The van der Waals surface area contributed by atoms with Crippen molar-refractivity contribution in [1.29, 1.82) is 0 Å².